The maximum Gasteiger partial charge on any atom is 0.408 e. The Hall–Kier alpha value is -2.50. The fourth-order valence-electron chi connectivity index (χ4n) is 2.58. The van der Waals surface area contributed by atoms with Crippen molar-refractivity contribution in [3.05, 3.63) is 63.4 Å². The Labute approximate surface area is 189 Å². The Balaban J connectivity index is 2.38. The Kier molecular flexibility index (Phi) is 7.79. The topological polar surface area (TPSA) is 71.5 Å². The molecule has 2 N–H and O–H groups in total. The van der Waals surface area contributed by atoms with Gasteiger partial charge in [0, 0.05) is 34.3 Å². The molecule has 1 aromatic heterocycles. The van der Waals surface area contributed by atoms with Gasteiger partial charge >= 0.3 is 6.09 Å². The van der Waals surface area contributed by atoms with Crippen LogP contribution in [0.3, 0.4) is 0 Å². The lowest BCUT2D eigenvalue weighted by Crippen LogP contribution is -2.41. The number of carbonyl (C=O) groups is 1. The van der Waals surface area contributed by atoms with Crippen LogP contribution < -0.4 is 5.32 Å². The average Bonchev–Trinajstić information content (AvgIpc) is 2.56. The monoisotopic (exact) mass is 494 g/mol. The van der Waals surface area contributed by atoms with Crippen molar-refractivity contribution in [3.8, 4) is 11.8 Å². The van der Waals surface area contributed by atoms with Gasteiger partial charge in [-0.3, -0.25) is 4.98 Å². The molecular formula is C23H25BrF2N2O3. The Morgan fingerprint density at radius 3 is 2.32 bits per heavy atom. The predicted octanol–water partition coefficient (Wildman–Crippen LogP) is 5.05. The lowest BCUT2D eigenvalue weighted by atomic mass is 10.0. The van der Waals surface area contributed by atoms with Crippen LogP contribution >= 0.6 is 15.9 Å². The summed E-state index contributed by atoms with van der Waals surface area (Å²) in [5.41, 5.74) is -0.488. The van der Waals surface area contributed by atoms with Gasteiger partial charge in [-0.15, -0.1) is 0 Å². The highest BCUT2D eigenvalue weighted by Gasteiger charge is 2.24. The number of nitrogens with zero attached hydrogens (tertiary/aromatic N) is 1. The minimum Gasteiger partial charge on any atom is -0.439 e. The fraction of sp³-hybridized carbons (Fsp3) is 0.391. The van der Waals surface area contributed by atoms with Crippen molar-refractivity contribution in [2.24, 2.45) is 0 Å². The Morgan fingerprint density at radius 1 is 1.19 bits per heavy atom. The minimum atomic E-state index is -1.16. The summed E-state index contributed by atoms with van der Waals surface area (Å²) in [7, 11) is 0. The number of aliphatic hydroxyl groups is 1. The number of halogens is 3. The molecule has 5 nitrogen and oxygen atoms in total. The minimum absolute atomic E-state index is 0.00649. The van der Waals surface area contributed by atoms with Gasteiger partial charge in [0.1, 0.15) is 17.2 Å². The Morgan fingerprint density at radius 2 is 1.81 bits per heavy atom. The molecule has 0 spiro atoms. The molecule has 0 radical (unpaired) electrons. The number of carbonyl (C=O) groups excluding carboxylic acids is 1. The Bertz CT molecular complexity index is 998. The third-order valence-electron chi connectivity index (χ3n) is 3.76. The zero-order valence-corrected chi connectivity index (χ0v) is 19.6. The fourth-order valence-corrected chi connectivity index (χ4v) is 3.19. The van der Waals surface area contributed by atoms with Crippen molar-refractivity contribution >= 4 is 22.0 Å². The number of benzene rings is 1. The first kappa shape index (κ1) is 24.8. The van der Waals surface area contributed by atoms with E-state index in [0.29, 0.717) is 21.3 Å². The lowest BCUT2D eigenvalue weighted by Gasteiger charge is -2.24. The highest BCUT2D eigenvalue weighted by molar-refractivity contribution is 9.10. The summed E-state index contributed by atoms with van der Waals surface area (Å²) in [6.07, 6.45) is -0.126. The molecule has 166 valence electrons. The van der Waals surface area contributed by atoms with E-state index in [9.17, 15) is 18.7 Å². The first-order valence-corrected chi connectivity index (χ1v) is 10.4. The second kappa shape index (κ2) is 9.75. The summed E-state index contributed by atoms with van der Waals surface area (Å²) in [4.78, 5) is 16.7. The zero-order valence-electron chi connectivity index (χ0n) is 18.0. The second-order valence-corrected chi connectivity index (χ2v) is 9.51. The van der Waals surface area contributed by atoms with Crippen LogP contribution in [-0.2, 0) is 11.2 Å². The van der Waals surface area contributed by atoms with E-state index in [0.717, 1.165) is 6.07 Å². The van der Waals surface area contributed by atoms with E-state index in [1.54, 1.807) is 40.7 Å². The maximum absolute atomic E-state index is 13.7. The smallest absolute Gasteiger partial charge is 0.408 e. The number of amides is 1. The van der Waals surface area contributed by atoms with Crippen LogP contribution in [0, 0.1) is 23.5 Å². The third kappa shape index (κ3) is 8.64. The van der Waals surface area contributed by atoms with Crippen LogP contribution in [0.25, 0.3) is 0 Å². The van der Waals surface area contributed by atoms with Crippen LogP contribution in [0.4, 0.5) is 13.6 Å². The van der Waals surface area contributed by atoms with Crippen LogP contribution in [0.2, 0.25) is 0 Å². The molecule has 0 fully saturated rings. The van der Waals surface area contributed by atoms with E-state index in [2.05, 4.69) is 38.1 Å². The number of hydrogen-bond acceptors (Lipinski definition) is 4. The summed E-state index contributed by atoms with van der Waals surface area (Å²) in [6, 6.07) is 4.80. The number of nitrogens with one attached hydrogen (secondary N) is 1. The summed E-state index contributed by atoms with van der Waals surface area (Å²) < 4.78 is 33.4. The quantitative estimate of drug-likeness (QED) is 0.583. The lowest BCUT2D eigenvalue weighted by molar-refractivity contribution is 0.0884. The van der Waals surface area contributed by atoms with Crippen LogP contribution in [0.1, 0.15) is 57.5 Å². The van der Waals surface area contributed by atoms with Gasteiger partial charge in [-0.1, -0.05) is 11.8 Å². The van der Waals surface area contributed by atoms with Gasteiger partial charge in [-0.2, -0.15) is 0 Å². The average molecular weight is 495 g/mol. The second-order valence-electron chi connectivity index (χ2n) is 8.65. The number of alkyl carbamates (subject to hydrolysis) is 1. The van der Waals surface area contributed by atoms with Crippen LogP contribution in [-0.4, -0.2) is 27.3 Å². The van der Waals surface area contributed by atoms with Gasteiger partial charge in [0.15, 0.2) is 6.10 Å². The molecule has 1 amide bonds. The van der Waals surface area contributed by atoms with Crippen molar-refractivity contribution < 1.29 is 23.4 Å². The molecule has 0 aliphatic rings. The molecule has 1 atom stereocenters. The number of aromatic nitrogens is 1. The molecule has 2 aromatic rings. The van der Waals surface area contributed by atoms with Gasteiger partial charge in [-0.25, -0.2) is 13.6 Å². The summed E-state index contributed by atoms with van der Waals surface area (Å²) >= 11 is 3.41. The van der Waals surface area contributed by atoms with Crippen LogP contribution in [0.15, 0.2) is 34.9 Å². The first-order chi connectivity index (χ1) is 14.2. The summed E-state index contributed by atoms with van der Waals surface area (Å²) in [5.74, 6) is 4.06. The normalized spacial score (nSPS) is 12.5. The van der Waals surface area contributed by atoms with Gasteiger partial charge in [-0.05, 0) is 74.3 Å². The number of hydrogen-bond donors (Lipinski definition) is 2. The zero-order chi connectivity index (χ0) is 23.4. The van der Waals surface area contributed by atoms with Crippen molar-refractivity contribution in [2.45, 2.75) is 58.3 Å². The van der Waals surface area contributed by atoms with E-state index in [-0.39, 0.29) is 6.42 Å². The number of pyridine rings is 1. The van der Waals surface area contributed by atoms with Gasteiger partial charge in [0.05, 0.1) is 5.69 Å². The molecule has 0 unspecified atom stereocenters. The molecule has 31 heavy (non-hydrogen) atoms. The third-order valence-corrected chi connectivity index (χ3v) is 4.39. The number of rotatable bonds is 4. The molecule has 1 aromatic carbocycles. The molecule has 2 rings (SSSR count). The van der Waals surface area contributed by atoms with E-state index in [1.807, 2.05) is 0 Å². The van der Waals surface area contributed by atoms with E-state index in [1.165, 1.54) is 18.3 Å². The van der Waals surface area contributed by atoms with Crippen LogP contribution in [0.5, 0.6) is 0 Å². The SMILES string of the molecule is CC(C)(O)C#Cc1cnc([C@H](Cc2cc(F)cc(F)c2)OC(=O)NC(C)(C)C)c(Br)c1. The molecule has 0 saturated heterocycles. The van der Waals surface area contributed by atoms with Gasteiger partial charge in [0.25, 0.3) is 0 Å². The van der Waals surface area contributed by atoms with E-state index < -0.39 is 35.0 Å². The maximum atomic E-state index is 13.7. The van der Waals surface area contributed by atoms with Crippen molar-refractivity contribution in [3.63, 3.8) is 0 Å². The van der Waals surface area contributed by atoms with Crippen molar-refractivity contribution in [1.82, 2.24) is 10.3 Å². The molecule has 0 aliphatic heterocycles. The summed E-state index contributed by atoms with van der Waals surface area (Å²) in [5, 5.41) is 12.5. The molecule has 0 bridgehead atoms. The van der Waals surface area contributed by atoms with Crippen molar-refractivity contribution in [1.29, 1.82) is 0 Å². The standard InChI is InChI=1S/C23H25BrF2N2O3/c1-22(2,3)28-21(29)31-19(11-15-8-16(25)12-17(26)9-15)20-18(24)10-14(13-27-20)6-7-23(4,5)30/h8-10,12-13,19,30H,11H2,1-5H3,(H,28,29)/t19-/m0/s1. The van der Waals surface area contributed by atoms with Gasteiger partial charge < -0.3 is 15.2 Å². The first-order valence-electron chi connectivity index (χ1n) is 9.56. The van der Waals surface area contributed by atoms with E-state index >= 15 is 0 Å². The van der Waals surface area contributed by atoms with Crippen molar-refractivity contribution in [2.75, 3.05) is 0 Å². The highest BCUT2D eigenvalue weighted by atomic mass is 79.9. The molecule has 8 heteroatoms. The highest BCUT2D eigenvalue weighted by Crippen LogP contribution is 2.29. The largest absolute Gasteiger partial charge is 0.439 e. The molecular weight excluding hydrogens is 470 g/mol. The number of ether oxygens (including phenoxy) is 1. The molecule has 1 heterocycles. The molecule has 0 saturated carbocycles. The molecule has 0 aliphatic carbocycles. The van der Waals surface area contributed by atoms with Gasteiger partial charge in [0.2, 0.25) is 0 Å². The predicted molar refractivity (Wildman–Crippen MR) is 117 cm³/mol. The van der Waals surface area contributed by atoms with E-state index in [4.69, 9.17) is 4.74 Å². The summed E-state index contributed by atoms with van der Waals surface area (Å²) in [6.45, 7) is 8.53.